The van der Waals surface area contributed by atoms with Crippen molar-refractivity contribution in [2.24, 2.45) is 4.99 Å². The summed E-state index contributed by atoms with van der Waals surface area (Å²) >= 11 is 0. The van der Waals surface area contributed by atoms with Crippen molar-refractivity contribution in [1.29, 1.82) is 0 Å². The minimum atomic E-state index is -4.72. The quantitative estimate of drug-likeness (QED) is 0.346. The van der Waals surface area contributed by atoms with E-state index in [1.165, 1.54) is 22.9 Å². The first-order valence-electron chi connectivity index (χ1n) is 9.76. The number of aromatic amines is 2. The third-order valence-electron chi connectivity index (χ3n) is 4.87. The molecule has 1 fully saturated rings. The maximum Gasteiger partial charge on any atom is 0.416 e. The molecule has 13 heteroatoms. The second kappa shape index (κ2) is 7.46. The zero-order valence-electron chi connectivity index (χ0n) is 16.6. The first-order valence-corrected chi connectivity index (χ1v) is 9.76. The molecule has 0 spiro atoms. The van der Waals surface area contributed by atoms with Crippen LogP contribution in [-0.4, -0.2) is 35.7 Å². The van der Waals surface area contributed by atoms with E-state index in [1.807, 2.05) is 0 Å². The molecule has 0 saturated heterocycles. The van der Waals surface area contributed by atoms with E-state index in [2.05, 4.69) is 30.4 Å². The topological polar surface area (TPSA) is 123 Å². The van der Waals surface area contributed by atoms with Crippen LogP contribution in [0.15, 0.2) is 40.2 Å². The first kappa shape index (κ1) is 20.7. The molecule has 33 heavy (non-hydrogen) atoms. The van der Waals surface area contributed by atoms with E-state index in [9.17, 15) is 27.5 Å². The molecule has 0 atom stereocenters. The largest absolute Gasteiger partial charge is 0.493 e. The predicted molar refractivity (Wildman–Crippen MR) is 108 cm³/mol. The number of aromatic nitrogens is 5. The number of alkyl halides is 3. The van der Waals surface area contributed by atoms with Gasteiger partial charge in [0.1, 0.15) is 17.3 Å². The lowest BCUT2D eigenvalue weighted by Crippen LogP contribution is -2.20. The molecule has 0 radical (unpaired) electrons. The summed E-state index contributed by atoms with van der Waals surface area (Å²) in [5.41, 5.74) is -1.15. The molecule has 170 valence electrons. The second-order valence-electron chi connectivity index (χ2n) is 7.53. The van der Waals surface area contributed by atoms with Crippen molar-refractivity contribution in [3.8, 4) is 5.88 Å². The molecule has 1 aromatic carbocycles. The summed E-state index contributed by atoms with van der Waals surface area (Å²) in [6, 6.07) is 3.69. The summed E-state index contributed by atoms with van der Waals surface area (Å²) in [4.78, 5) is 24.9. The average molecular weight is 461 g/mol. The Labute approximate surface area is 181 Å². The molecule has 0 amide bonds. The summed E-state index contributed by atoms with van der Waals surface area (Å²) in [5, 5.41) is 17.2. The van der Waals surface area contributed by atoms with Crippen LogP contribution in [0.4, 0.5) is 29.1 Å². The third-order valence-corrected chi connectivity index (χ3v) is 4.87. The van der Waals surface area contributed by atoms with Gasteiger partial charge >= 0.3 is 11.9 Å². The van der Waals surface area contributed by atoms with Crippen molar-refractivity contribution in [3.05, 3.63) is 68.7 Å². The van der Waals surface area contributed by atoms with Gasteiger partial charge in [0.25, 0.3) is 0 Å². The highest BCUT2D eigenvalue weighted by Crippen LogP contribution is 2.32. The molecule has 1 aliphatic rings. The van der Waals surface area contributed by atoms with Crippen molar-refractivity contribution in [2.45, 2.75) is 25.1 Å². The van der Waals surface area contributed by atoms with Gasteiger partial charge in [-0.2, -0.15) is 22.8 Å². The smallest absolute Gasteiger partial charge is 0.416 e. The van der Waals surface area contributed by atoms with Crippen LogP contribution in [-0.2, 0) is 6.18 Å². The Morgan fingerprint density at radius 2 is 2.00 bits per heavy atom. The lowest BCUT2D eigenvalue weighted by atomic mass is 10.2. The maximum atomic E-state index is 13.8. The molecule has 9 nitrogen and oxygen atoms in total. The Kier molecular flexibility index (Phi) is 4.69. The molecule has 0 aliphatic heterocycles. The molecule has 1 aliphatic carbocycles. The minimum absolute atomic E-state index is 0.0932. The molecule has 1 saturated carbocycles. The molecule has 5 rings (SSSR count). The molecular formula is C20H15F4N7O2. The van der Waals surface area contributed by atoms with Crippen molar-refractivity contribution >= 4 is 23.2 Å². The summed E-state index contributed by atoms with van der Waals surface area (Å²) in [6.07, 6.45) is -0.0659. The number of H-pyrrole nitrogens is 2. The van der Waals surface area contributed by atoms with Gasteiger partial charge in [0.05, 0.1) is 17.8 Å². The highest BCUT2D eigenvalue weighted by Gasteiger charge is 2.31. The summed E-state index contributed by atoms with van der Waals surface area (Å²) in [6.45, 7) is 0. The Morgan fingerprint density at radius 1 is 1.21 bits per heavy atom. The fourth-order valence-electron chi connectivity index (χ4n) is 3.23. The van der Waals surface area contributed by atoms with E-state index in [1.54, 1.807) is 0 Å². The van der Waals surface area contributed by atoms with Crippen LogP contribution in [0, 0.1) is 5.82 Å². The highest BCUT2D eigenvalue weighted by molar-refractivity contribution is 5.62. The van der Waals surface area contributed by atoms with Gasteiger partial charge in [-0.05, 0) is 37.1 Å². The number of aromatic hydroxyl groups is 1. The fourth-order valence-corrected chi connectivity index (χ4v) is 3.23. The molecule has 3 heterocycles. The number of imidazole rings is 1. The van der Waals surface area contributed by atoms with E-state index in [4.69, 9.17) is 0 Å². The van der Waals surface area contributed by atoms with Gasteiger partial charge in [0, 0.05) is 17.0 Å². The number of fused-ring (bicyclic) bond motifs is 1. The maximum absolute atomic E-state index is 13.8. The molecule has 0 unspecified atom stereocenters. The predicted octanol–water partition coefficient (Wildman–Crippen LogP) is 1.96. The Morgan fingerprint density at radius 3 is 2.67 bits per heavy atom. The normalized spacial score (nSPS) is 15.5. The van der Waals surface area contributed by atoms with Crippen LogP contribution >= 0.6 is 0 Å². The third kappa shape index (κ3) is 4.29. The SMILES string of the molecule is O=c1[nH]c(O)c(/C=c2\cnn3c(=NC4CC4)cc(Nc4cc(F)cc(C(F)(F)F)c4)nc23)[nH]1. The lowest BCUT2D eigenvalue weighted by Gasteiger charge is -2.11. The van der Waals surface area contributed by atoms with Gasteiger partial charge in [0.15, 0.2) is 11.1 Å². The molecule has 3 aromatic heterocycles. The molecule has 0 bridgehead atoms. The number of rotatable bonds is 4. The number of nitrogens with one attached hydrogen (secondary N) is 3. The standard InChI is InChI=1S/C20H15F4N7O2/c21-11-4-10(20(22,23)24)5-13(6-11)26-15-7-16(27-12-1-2-12)31-17(29-15)9(8-25-31)3-14-18(32)30-19(33)28-14/h3-8,12,26,32H,1-2H2,(H2,28,30,33)/b9-3+,27-16?. The number of benzene rings is 1. The number of hydrogen-bond acceptors (Lipinski definition) is 6. The van der Waals surface area contributed by atoms with Crippen molar-refractivity contribution in [3.63, 3.8) is 0 Å². The van der Waals surface area contributed by atoms with Gasteiger partial charge in [-0.15, -0.1) is 0 Å². The Balaban J connectivity index is 1.65. The zero-order chi connectivity index (χ0) is 23.3. The number of halogens is 4. The lowest BCUT2D eigenvalue weighted by molar-refractivity contribution is -0.137. The molecule has 4 N–H and O–H groups in total. The van der Waals surface area contributed by atoms with Crippen LogP contribution in [0.1, 0.15) is 24.1 Å². The van der Waals surface area contributed by atoms with Gasteiger partial charge in [0.2, 0.25) is 5.88 Å². The summed E-state index contributed by atoms with van der Waals surface area (Å²) < 4.78 is 54.5. The minimum Gasteiger partial charge on any atom is -0.493 e. The van der Waals surface area contributed by atoms with Gasteiger partial charge in [-0.3, -0.25) is 9.98 Å². The number of anilines is 2. The highest BCUT2D eigenvalue weighted by atomic mass is 19.4. The zero-order valence-corrected chi connectivity index (χ0v) is 16.6. The second-order valence-corrected chi connectivity index (χ2v) is 7.53. The number of hydrogen-bond donors (Lipinski definition) is 4. The summed E-state index contributed by atoms with van der Waals surface area (Å²) in [5.74, 6) is -1.32. The van der Waals surface area contributed by atoms with Gasteiger partial charge < -0.3 is 15.4 Å². The van der Waals surface area contributed by atoms with Crippen LogP contribution in [0.3, 0.4) is 0 Å². The van der Waals surface area contributed by atoms with E-state index in [0.29, 0.717) is 16.8 Å². The Hall–Kier alpha value is -4.16. The van der Waals surface area contributed by atoms with Crippen LogP contribution < -0.4 is 21.7 Å². The number of nitrogens with zero attached hydrogens (tertiary/aromatic N) is 4. The summed E-state index contributed by atoms with van der Waals surface area (Å²) in [7, 11) is 0. The average Bonchev–Trinajstić information content (AvgIpc) is 3.36. The molecular weight excluding hydrogens is 446 g/mol. The van der Waals surface area contributed by atoms with Crippen molar-refractivity contribution in [1.82, 2.24) is 24.6 Å². The van der Waals surface area contributed by atoms with E-state index in [0.717, 1.165) is 25.0 Å². The molecule has 4 aromatic rings. The van der Waals surface area contributed by atoms with E-state index >= 15 is 0 Å². The van der Waals surface area contributed by atoms with Gasteiger partial charge in [-0.1, -0.05) is 0 Å². The van der Waals surface area contributed by atoms with E-state index in [-0.39, 0.29) is 34.8 Å². The van der Waals surface area contributed by atoms with Crippen molar-refractivity contribution in [2.75, 3.05) is 5.32 Å². The van der Waals surface area contributed by atoms with Crippen LogP contribution in [0.2, 0.25) is 0 Å². The first-order chi connectivity index (χ1) is 15.7. The van der Waals surface area contributed by atoms with Crippen molar-refractivity contribution < 1.29 is 22.7 Å². The van der Waals surface area contributed by atoms with E-state index < -0.39 is 23.2 Å². The monoisotopic (exact) mass is 461 g/mol. The Bertz CT molecular complexity index is 1550. The van der Waals surface area contributed by atoms with Crippen LogP contribution in [0.25, 0.3) is 11.7 Å². The van der Waals surface area contributed by atoms with Crippen LogP contribution in [0.5, 0.6) is 5.88 Å². The van der Waals surface area contributed by atoms with Gasteiger partial charge in [-0.25, -0.2) is 14.2 Å². The fraction of sp³-hybridized carbons (Fsp3) is 0.200.